The molecule has 0 N–H and O–H groups in total. The quantitative estimate of drug-likeness (QED) is 0.656. The lowest BCUT2D eigenvalue weighted by atomic mass is 10.1. The highest BCUT2D eigenvalue weighted by molar-refractivity contribution is 5.79. The lowest BCUT2D eigenvalue weighted by molar-refractivity contribution is -0.141. The predicted octanol–water partition coefficient (Wildman–Crippen LogP) is 2.68. The lowest BCUT2D eigenvalue weighted by Gasteiger charge is -2.23. The van der Waals surface area contributed by atoms with E-state index in [9.17, 15) is 9.59 Å². The van der Waals surface area contributed by atoms with Gasteiger partial charge in [-0.1, -0.05) is 26.0 Å². The molecular weight excluding hydrogens is 294 g/mol. The maximum Gasteiger partial charge on any atom is 0.307 e. The van der Waals surface area contributed by atoms with Crippen molar-refractivity contribution in [1.82, 2.24) is 4.90 Å². The van der Waals surface area contributed by atoms with Gasteiger partial charge in [0.15, 0.2) is 0 Å². The van der Waals surface area contributed by atoms with Crippen molar-refractivity contribution in [1.29, 1.82) is 0 Å². The fraction of sp³-hybridized carbons (Fsp3) is 0.556. The Morgan fingerprint density at radius 1 is 1.09 bits per heavy atom. The Morgan fingerprint density at radius 2 is 1.74 bits per heavy atom. The van der Waals surface area contributed by atoms with Crippen LogP contribution in [0.15, 0.2) is 24.3 Å². The number of methoxy groups -OCH3 is 2. The van der Waals surface area contributed by atoms with Crippen molar-refractivity contribution >= 4 is 11.9 Å². The van der Waals surface area contributed by atoms with E-state index in [1.165, 1.54) is 7.11 Å². The second-order valence-electron chi connectivity index (χ2n) is 5.91. The first-order valence-corrected chi connectivity index (χ1v) is 7.93. The molecule has 23 heavy (non-hydrogen) atoms. The largest absolute Gasteiger partial charge is 0.497 e. The molecule has 1 aromatic carbocycles. The van der Waals surface area contributed by atoms with E-state index in [4.69, 9.17) is 4.74 Å². The van der Waals surface area contributed by atoms with E-state index in [-0.39, 0.29) is 18.3 Å². The molecule has 0 bridgehead atoms. The van der Waals surface area contributed by atoms with Gasteiger partial charge in [-0.3, -0.25) is 9.59 Å². The number of hydrogen-bond acceptors (Lipinski definition) is 4. The topological polar surface area (TPSA) is 55.8 Å². The van der Waals surface area contributed by atoms with E-state index in [2.05, 4.69) is 18.6 Å². The van der Waals surface area contributed by atoms with Crippen molar-refractivity contribution in [2.45, 2.75) is 33.1 Å². The van der Waals surface area contributed by atoms with Gasteiger partial charge in [0.1, 0.15) is 5.75 Å². The minimum atomic E-state index is -0.295. The highest BCUT2D eigenvalue weighted by atomic mass is 16.5. The summed E-state index contributed by atoms with van der Waals surface area (Å²) in [5.74, 6) is 1.00. The minimum absolute atomic E-state index is 0.0275. The maximum atomic E-state index is 12.5. The van der Waals surface area contributed by atoms with Gasteiger partial charge in [0, 0.05) is 13.1 Å². The summed E-state index contributed by atoms with van der Waals surface area (Å²) >= 11 is 0. The molecule has 1 amide bonds. The van der Waals surface area contributed by atoms with E-state index in [0.717, 1.165) is 17.7 Å². The third-order valence-corrected chi connectivity index (χ3v) is 3.66. The van der Waals surface area contributed by atoms with Crippen LogP contribution in [0.25, 0.3) is 0 Å². The summed E-state index contributed by atoms with van der Waals surface area (Å²) in [7, 11) is 2.97. The Hall–Kier alpha value is -2.04. The summed E-state index contributed by atoms with van der Waals surface area (Å²) in [5.41, 5.74) is 0.934. The van der Waals surface area contributed by atoms with Crippen LogP contribution in [-0.4, -0.2) is 44.1 Å². The molecule has 5 nitrogen and oxygen atoms in total. The molecule has 0 saturated carbocycles. The normalized spacial score (nSPS) is 10.5. The van der Waals surface area contributed by atoms with E-state index in [0.29, 0.717) is 25.4 Å². The molecule has 1 aromatic rings. The fourth-order valence-electron chi connectivity index (χ4n) is 2.13. The zero-order valence-electron chi connectivity index (χ0n) is 14.5. The third kappa shape index (κ3) is 7.17. The molecule has 0 atom stereocenters. The zero-order valence-corrected chi connectivity index (χ0v) is 14.5. The first kappa shape index (κ1) is 19.0. The van der Waals surface area contributed by atoms with Gasteiger partial charge in [0.2, 0.25) is 5.91 Å². The van der Waals surface area contributed by atoms with Crippen LogP contribution in [0.3, 0.4) is 0 Å². The number of carbonyl (C=O) groups excluding carboxylic acids is 2. The lowest BCUT2D eigenvalue weighted by Crippen LogP contribution is -2.35. The molecular formula is C18H27NO4. The van der Waals surface area contributed by atoms with Gasteiger partial charge in [-0.25, -0.2) is 0 Å². The molecule has 0 saturated heterocycles. The zero-order chi connectivity index (χ0) is 17.2. The van der Waals surface area contributed by atoms with Crippen LogP contribution in [0.4, 0.5) is 0 Å². The number of esters is 1. The van der Waals surface area contributed by atoms with Gasteiger partial charge in [-0.05, 0) is 30.0 Å². The van der Waals surface area contributed by atoms with Crippen LogP contribution in [0.2, 0.25) is 0 Å². The summed E-state index contributed by atoms with van der Waals surface area (Å²) < 4.78 is 9.78. The van der Waals surface area contributed by atoms with Crippen molar-refractivity contribution in [3.8, 4) is 5.75 Å². The van der Waals surface area contributed by atoms with Crippen LogP contribution < -0.4 is 4.74 Å². The number of benzene rings is 1. The monoisotopic (exact) mass is 321 g/mol. The second kappa shape index (κ2) is 9.87. The SMILES string of the molecule is COC(=O)CCN(CCC(C)C)C(=O)Cc1ccc(OC)cc1. The van der Waals surface area contributed by atoms with Crippen LogP contribution >= 0.6 is 0 Å². The Balaban J connectivity index is 2.65. The summed E-state index contributed by atoms with van der Waals surface area (Å²) in [6, 6.07) is 7.46. The molecule has 1 rings (SSSR count). The van der Waals surface area contributed by atoms with E-state index < -0.39 is 0 Å². The van der Waals surface area contributed by atoms with Crippen molar-refractivity contribution in [3.63, 3.8) is 0 Å². The molecule has 0 radical (unpaired) electrons. The van der Waals surface area contributed by atoms with Crippen molar-refractivity contribution in [3.05, 3.63) is 29.8 Å². The number of carbonyl (C=O) groups is 2. The van der Waals surface area contributed by atoms with Crippen LogP contribution in [0, 0.1) is 5.92 Å². The first-order valence-electron chi connectivity index (χ1n) is 7.93. The number of ether oxygens (including phenoxy) is 2. The van der Waals surface area contributed by atoms with Gasteiger partial charge < -0.3 is 14.4 Å². The summed E-state index contributed by atoms with van der Waals surface area (Å²) in [6.45, 7) is 5.29. The van der Waals surface area contributed by atoms with Crippen LogP contribution in [0.1, 0.15) is 32.3 Å². The average Bonchev–Trinajstić information content (AvgIpc) is 2.54. The van der Waals surface area contributed by atoms with E-state index in [1.54, 1.807) is 12.0 Å². The molecule has 128 valence electrons. The van der Waals surface area contributed by atoms with Gasteiger partial charge in [0.05, 0.1) is 27.1 Å². The van der Waals surface area contributed by atoms with E-state index >= 15 is 0 Å². The maximum absolute atomic E-state index is 12.5. The van der Waals surface area contributed by atoms with Gasteiger partial charge >= 0.3 is 5.97 Å². The van der Waals surface area contributed by atoms with Crippen LogP contribution in [0.5, 0.6) is 5.75 Å². The second-order valence-corrected chi connectivity index (χ2v) is 5.91. The smallest absolute Gasteiger partial charge is 0.307 e. The van der Waals surface area contributed by atoms with Crippen molar-refractivity contribution in [2.24, 2.45) is 5.92 Å². The average molecular weight is 321 g/mol. The number of nitrogens with zero attached hydrogens (tertiary/aromatic N) is 1. The van der Waals surface area contributed by atoms with Gasteiger partial charge in [0.25, 0.3) is 0 Å². The number of rotatable bonds is 9. The highest BCUT2D eigenvalue weighted by Crippen LogP contribution is 2.13. The molecule has 0 aromatic heterocycles. The summed E-state index contributed by atoms with van der Waals surface area (Å²) in [4.78, 5) is 25.6. The molecule has 0 unspecified atom stereocenters. The first-order chi connectivity index (χ1) is 11.0. The molecule has 0 heterocycles. The Labute approximate surface area is 138 Å². The van der Waals surface area contributed by atoms with Gasteiger partial charge in [-0.2, -0.15) is 0 Å². The number of amides is 1. The predicted molar refractivity (Wildman–Crippen MR) is 89.4 cm³/mol. The molecule has 0 spiro atoms. The Kier molecular flexibility index (Phi) is 8.16. The molecule has 0 fully saturated rings. The minimum Gasteiger partial charge on any atom is -0.497 e. The Morgan fingerprint density at radius 3 is 2.26 bits per heavy atom. The standard InChI is InChI=1S/C18H27NO4/c1-14(2)9-11-19(12-10-18(21)23-4)17(20)13-15-5-7-16(22-3)8-6-15/h5-8,14H,9-13H2,1-4H3. The summed E-state index contributed by atoms with van der Waals surface area (Å²) in [5, 5.41) is 0. The van der Waals surface area contributed by atoms with Crippen molar-refractivity contribution in [2.75, 3.05) is 27.3 Å². The van der Waals surface area contributed by atoms with Crippen molar-refractivity contribution < 1.29 is 19.1 Å². The molecule has 0 aliphatic carbocycles. The highest BCUT2D eigenvalue weighted by Gasteiger charge is 2.16. The van der Waals surface area contributed by atoms with Gasteiger partial charge in [-0.15, -0.1) is 0 Å². The number of hydrogen-bond donors (Lipinski definition) is 0. The molecule has 5 heteroatoms. The van der Waals surface area contributed by atoms with E-state index in [1.807, 2.05) is 24.3 Å². The Bertz CT molecular complexity index is 496. The fourth-order valence-corrected chi connectivity index (χ4v) is 2.13. The third-order valence-electron chi connectivity index (χ3n) is 3.66. The molecule has 0 aliphatic heterocycles. The molecule has 0 aliphatic rings. The van der Waals surface area contributed by atoms with Crippen LogP contribution in [-0.2, 0) is 20.7 Å². The summed E-state index contributed by atoms with van der Waals surface area (Å²) in [6.07, 6.45) is 1.46.